The third-order valence-electron chi connectivity index (χ3n) is 4.96. The van der Waals surface area contributed by atoms with Crippen LogP contribution in [-0.2, 0) is 9.59 Å². The summed E-state index contributed by atoms with van der Waals surface area (Å²) in [5, 5.41) is 2.97. The number of nitrogens with one attached hydrogen (secondary N) is 1. The maximum Gasteiger partial charge on any atom is 0.229 e. The van der Waals surface area contributed by atoms with E-state index in [0.717, 1.165) is 37.1 Å². The fraction of sp³-hybridized carbons (Fsp3) is 0.333. The van der Waals surface area contributed by atoms with Crippen molar-refractivity contribution in [2.75, 3.05) is 17.3 Å². The average Bonchev–Trinajstić information content (AvgIpc) is 2.68. The molecule has 130 valence electrons. The molecule has 2 aromatic carbocycles. The van der Waals surface area contributed by atoms with E-state index in [9.17, 15) is 9.59 Å². The summed E-state index contributed by atoms with van der Waals surface area (Å²) in [6.07, 6.45) is 3.06. The Morgan fingerprint density at radius 3 is 1.96 bits per heavy atom. The predicted octanol–water partition coefficient (Wildman–Crippen LogP) is 4.09. The van der Waals surface area contributed by atoms with Gasteiger partial charge in [0.1, 0.15) is 0 Å². The van der Waals surface area contributed by atoms with Crippen molar-refractivity contribution in [3.05, 3.63) is 60.7 Å². The summed E-state index contributed by atoms with van der Waals surface area (Å²) < 4.78 is 0. The number of anilines is 2. The lowest BCUT2D eigenvalue weighted by atomic mass is 9.81. The average molecular weight is 336 g/mol. The van der Waals surface area contributed by atoms with Gasteiger partial charge >= 0.3 is 0 Å². The second-order valence-corrected chi connectivity index (χ2v) is 6.64. The monoisotopic (exact) mass is 336 g/mol. The summed E-state index contributed by atoms with van der Waals surface area (Å²) >= 11 is 0. The zero-order valence-electron chi connectivity index (χ0n) is 14.5. The van der Waals surface area contributed by atoms with Crippen LogP contribution in [0.2, 0.25) is 0 Å². The summed E-state index contributed by atoms with van der Waals surface area (Å²) in [4.78, 5) is 26.8. The Morgan fingerprint density at radius 2 is 1.36 bits per heavy atom. The minimum absolute atomic E-state index is 0.00554. The Labute approximate surface area is 148 Å². The maximum absolute atomic E-state index is 12.7. The molecule has 3 rings (SSSR count). The highest BCUT2D eigenvalue weighted by atomic mass is 16.2. The highest BCUT2D eigenvalue weighted by molar-refractivity contribution is 5.95. The molecule has 4 heteroatoms. The molecule has 25 heavy (non-hydrogen) atoms. The zero-order chi connectivity index (χ0) is 17.6. The first-order chi connectivity index (χ1) is 12.1. The molecular weight excluding hydrogens is 312 g/mol. The van der Waals surface area contributed by atoms with E-state index in [1.54, 1.807) is 4.90 Å². The van der Waals surface area contributed by atoms with Crippen LogP contribution in [0.3, 0.4) is 0 Å². The number of amides is 2. The van der Waals surface area contributed by atoms with E-state index in [1.807, 2.05) is 67.7 Å². The van der Waals surface area contributed by atoms with Crippen LogP contribution < -0.4 is 10.2 Å². The van der Waals surface area contributed by atoms with Gasteiger partial charge in [0.2, 0.25) is 11.8 Å². The van der Waals surface area contributed by atoms with Crippen molar-refractivity contribution in [3.63, 3.8) is 0 Å². The predicted molar refractivity (Wildman–Crippen MR) is 100 cm³/mol. The molecule has 0 radical (unpaired) electrons. The van der Waals surface area contributed by atoms with Crippen LogP contribution in [0.15, 0.2) is 60.7 Å². The molecule has 1 aliphatic rings. The van der Waals surface area contributed by atoms with Crippen molar-refractivity contribution in [1.82, 2.24) is 0 Å². The van der Waals surface area contributed by atoms with Crippen LogP contribution in [0.5, 0.6) is 0 Å². The van der Waals surface area contributed by atoms with Crippen LogP contribution in [-0.4, -0.2) is 18.9 Å². The van der Waals surface area contributed by atoms with Gasteiger partial charge in [-0.1, -0.05) is 36.4 Å². The van der Waals surface area contributed by atoms with Crippen molar-refractivity contribution >= 4 is 23.2 Å². The molecule has 0 aliphatic heterocycles. The van der Waals surface area contributed by atoms with E-state index in [2.05, 4.69) is 5.32 Å². The lowest BCUT2D eigenvalue weighted by Gasteiger charge is -2.30. The molecule has 1 fully saturated rings. The lowest BCUT2D eigenvalue weighted by molar-refractivity contribution is -0.126. The summed E-state index contributed by atoms with van der Waals surface area (Å²) in [6.45, 7) is 0. The number of carbonyl (C=O) groups excluding carboxylic acids is 2. The van der Waals surface area contributed by atoms with Gasteiger partial charge in [0, 0.05) is 30.3 Å². The molecule has 1 aliphatic carbocycles. The molecule has 0 saturated heterocycles. The molecule has 0 bridgehead atoms. The van der Waals surface area contributed by atoms with Crippen molar-refractivity contribution in [2.45, 2.75) is 25.7 Å². The summed E-state index contributed by atoms with van der Waals surface area (Å²) in [5.41, 5.74) is 1.74. The molecule has 2 aromatic rings. The summed E-state index contributed by atoms with van der Waals surface area (Å²) in [7, 11) is 1.83. The number of hydrogen-bond donors (Lipinski definition) is 1. The number of benzene rings is 2. The highest BCUT2D eigenvalue weighted by Crippen LogP contribution is 2.31. The van der Waals surface area contributed by atoms with Crippen molar-refractivity contribution in [2.24, 2.45) is 11.8 Å². The fourth-order valence-corrected chi connectivity index (χ4v) is 3.42. The molecule has 0 aromatic heterocycles. The van der Waals surface area contributed by atoms with E-state index in [-0.39, 0.29) is 23.7 Å². The van der Waals surface area contributed by atoms with Crippen LogP contribution >= 0.6 is 0 Å². The molecule has 0 spiro atoms. The van der Waals surface area contributed by atoms with Gasteiger partial charge in [-0.05, 0) is 49.9 Å². The van der Waals surface area contributed by atoms with Gasteiger partial charge in [0.15, 0.2) is 0 Å². The Kier molecular flexibility index (Phi) is 5.49. The first kappa shape index (κ1) is 17.2. The number of nitrogens with zero attached hydrogens (tertiary/aromatic N) is 1. The Morgan fingerprint density at radius 1 is 0.840 bits per heavy atom. The Balaban J connectivity index is 1.53. The largest absolute Gasteiger partial charge is 0.326 e. The first-order valence-electron chi connectivity index (χ1n) is 8.83. The van der Waals surface area contributed by atoms with E-state index >= 15 is 0 Å². The van der Waals surface area contributed by atoms with Crippen LogP contribution in [0, 0.1) is 11.8 Å². The standard InChI is InChI=1S/C21H24N2O2/c1-23(19-10-6-3-7-11-19)21(25)17-14-12-16(13-15-17)20(24)22-18-8-4-2-5-9-18/h2-11,16-17H,12-15H2,1H3,(H,22,24). The van der Waals surface area contributed by atoms with Gasteiger partial charge in [-0.25, -0.2) is 0 Å². The molecule has 0 heterocycles. The summed E-state index contributed by atoms with van der Waals surface area (Å²) in [6, 6.07) is 19.2. The molecule has 0 atom stereocenters. The van der Waals surface area contributed by atoms with Gasteiger partial charge in [0.05, 0.1) is 0 Å². The fourth-order valence-electron chi connectivity index (χ4n) is 3.42. The second-order valence-electron chi connectivity index (χ2n) is 6.64. The lowest BCUT2D eigenvalue weighted by Crippen LogP contribution is -2.36. The zero-order valence-corrected chi connectivity index (χ0v) is 14.5. The molecule has 4 nitrogen and oxygen atoms in total. The molecule has 0 unspecified atom stereocenters. The maximum atomic E-state index is 12.7. The third-order valence-corrected chi connectivity index (χ3v) is 4.96. The smallest absolute Gasteiger partial charge is 0.229 e. The van der Waals surface area contributed by atoms with Crippen LogP contribution in [0.1, 0.15) is 25.7 Å². The van der Waals surface area contributed by atoms with E-state index in [4.69, 9.17) is 0 Å². The van der Waals surface area contributed by atoms with E-state index in [1.165, 1.54) is 0 Å². The van der Waals surface area contributed by atoms with Gasteiger partial charge < -0.3 is 10.2 Å². The number of para-hydroxylation sites is 2. The van der Waals surface area contributed by atoms with E-state index in [0.29, 0.717) is 0 Å². The number of hydrogen-bond acceptors (Lipinski definition) is 2. The van der Waals surface area contributed by atoms with Crippen LogP contribution in [0.4, 0.5) is 11.4 Å². The van der Waals surface area contributed by atoms with Gasteiger partial charge in [-0.2, -0.15) is 0 Å². The van der Waals surface area contributed by atoms with Gasteiger partial charge in [-0.3, -0.25) is 9.59 Å². The molecule has 2 amide bonds. The van der Waals surface area contributed by atoms with Crippen molar-refractivity contribution in [1.29, 1.82) is 0 Å². The molecule has 1 N–H and O–H groups in total. The topological polar surface area (TPSA) is 49.4 Å². The summed E-state index contributed by atoms with van der Waals surface area (Å²) in [5.74, 6) is 0.207. The Bertz CT molecular complexity index is 707. The number of rotatable bonds is 4. The molecular formula is C21H24N2O2. The quantitative estimate of drug-likeness (QED) is 0.914. The second kappa shape index (κ2) is 7.97. The SMILES string of the molecule is CN(C(=O)C1CCC(C(=O)Nc2ccccc2)CC1)c1ccccc1. The van der Waals surface area contributed by atoms with Crippen LogP contribution in [0.25, 0.3) is 0 Å². The number of carbonyl (C=O) groups is 2. The third kappa shape index (κ3) is 4.27. The minimum Gasteiger partial charge on any atom is -0.326 e. The Hall–Kier alpha value is -2.62. The minimum atomic E-state index is -0.00807. The first-order valence-corrected chi connectivity index (χ1v) is 8.83. The molecule has 1 saturated carbocycles. The highest BCUT2D eigenvalue weighted by Gasteiger charge is 2.31. The van der Waals surface area contributed by atoms with E-state index < -0.39 is 0 Å². The van der Waals surface area contributed by atoms with Gasteiger partial charge in [-0.15, -0.1) is 0 Å². The normalized spacial score (nSPS) is 19.9. The van der Waals surface area contributed by atoms with Gasteiger partial charge in [0.25, 0.3) is 0 Å². The van der Waals surface area contributed by atoms with Crippen molar-refractivity contribution < 1.29 is 9.59 Å². The van der Waals surface area contributed by atoms with Crippen molar-refractivity contribution in [3.8, 4) is 0 Å².